The highest BCUT2D eigenvalue weighted by molar-refractivity contribution is 5.91. The van der Waals surface area contributed by atoms with Crippen molar-refractivity contribution in [3.05, 3.63) is 95.9 Å². The maximum atomic E-state index is 13.2. The minimum atomic E-state index is 0.0171. The first-order chi connectivity index (χ1) is 15.3. The number of furan rings is 1. The second kappa shape index (κ2) is 11.0. The van der Waals surface area contributed by atoms with Crippen LogP contribution in [0.4, 0.5) is 0 Å². The molecular formula is C27H32N2O2. The van der Waals surface area contributed by atoms with E-state index in [1.165, 1.54) is 17.5 Å². The molecule has 0 N–H and O–H groups in total. The van der Waals surface area contributed by atoms with Crippen LogP contribution in [0.5, 0.6) is 0 Å². The van der Waals surface area contributed by atoms with Gasteiger partial charge in [-0.3, -0.25) is 4.79 Å². The second-order valence-corrected chi connectivity index (χ2v) is 8.37. The molecule has 0 unspecified atom stereocenters. The van der Waals surface area contributed by atoms with Gasteiger partial charge in [0, 0.05) is 25.7 Å². The molecule has 1 fully saturated rings. The summed E-state index contributed by atoms with van der Waals surface area (Å²) in [4.78, 5) is 17.8. The minimum absolute atomic E-state index is 0.0171. The van der Waals surface area contributed by atoms with Crippen LogP contribution in [-0.4, -0.2) is 47.9 Å². The SMILES string of the molecule is O=C(c1ccco1)N(CCc1ccccc1)C1CCN(CCCc2ccccc2)CC1. The Morgan fingerprint density at radius 3 is 2.13 bits per heavy atom. The number of carbonyl (C=O) groups is 1. The molecule has 0 aliphatic carbocycles. The predicted molar refractivity (Wildman–Crippen MR) is 124 cm³/mol. The fourth-order valence-corrected chi connectivity index (χ4v) is 4.49. The van der Waals surface area contributed by atoms with Gasteiger partial charge in [0.05, 0.1) is 6.26 Å². The van der Waals surface area contributed by atoms with Crippen molar-refractivity contribution in [3.63, 3.8) is 0 Å². The molecule has 1 aromatic heterocycles. The number of amides is 1. The van der Waals surface area contributed by atoms with Gasteiger partial charge in [0.15, 0.2) is 5.76 Å². The van der Waals surface area contributed by atoms with E-state index in [9.17, 15) is 4.79 Å². The van der Waals surface area contributed by atoms with Gasteiger partial charge < -0.3 is 14.2 Å². The molecule has 2 aromatic carbocycles. The van der Waals surface area contributed by atoms with E-state index in [4.69, 9.17) is 4.42 Å². The largest absolute Gasteiger partial charge is 0.459 e. The van der Waals surface area contributed by atoms with E-state index in [0.29, 0.717) is 5.76 Å². The third-order valence-electron chi connectivity index (χ3n) is 6.26. The number of hydrogen-bond donors (Lipinski definition) is 0. The second-order valence-electron chi connectivity index (χ2n) is 8.37. The first-order valence-corrected chi connectivity index (χ1v) is 11.4. The average molecular weight is 417 g/mol. The number of aryl methyl sites for hydroxylation is 1. The molecule has 0 saturated carbocycles. The molecule has 0 spiro atoms. The number of nitrogens with zero attached hydrogens (tertiary/aromatic N) is 2. The van der Waals surface area contributed by atoms with Gasteiger partial charge in [-0.1, -0.05) is 60.7 Å². The Balaban J connectivity index is 1.31. The number of carbonyl (C=O) groups excluding carboxylic acids is 1. The van der Waals surface area contributed by atoms with Gasteiger partial charge in [-0.05, 0) is 61.9 Å². The summed E-state index contributed by atoms with van der Waals surface area (Å²) >= 11 is 0. The van der Waals surface area contributed by atoms with Gasteiger partial charge in [0.2, 0.25) is 0 Å². The van der Waals surface area contributed by atoms with Crippen molar-refractivity contribution in [2.45, 2.75) is 38.1 Å². The lowest BCUT2D eigenvalue weighted by Gasteiger charge is -2.38. The van der Waals surface area contributed by atoms with Gasteiger partial charge >= 0.3 is 0 Å². The Kier molecular flexibility index (Phi) is 7.56. The van der Waals surface area contributed by atoms with Crippen LogP contribution in [0.2, 0.25) is 0 Å². The van der Waals surface area contributed by atoms with Gasteiger partial charge in [0.25, 0.3) is 5.91 Å². The van der Waals surface area contributed by atoms with Crippen LogP contribution in [-0.2, 0) is 12.8 Å². The molecule has 4 heteroatoms. The number of benzene rings is 2. The first-order valence-electron chi connectivity index (χ1n) is 11.4. The average Bonchev–Trinajstić information content (AvgIpc) is 3.36. The van der Waals surface area contributed by atoms with E-state index in [-0.39, 0.29) is 11.9 Å². The summed E-state index contributed by atoms with van der Waals surface area (Å²) in [7, 11) is 0. The van der Waals surface area contributed by atoms with Gasteiger partial charge in [-0.25, -0.2) is 0 Å². The maximum Gasteiger partial charge on any atom is 0.289 e. The van der Waals surface area contributed by atoms with E-state index in [1.54, 1.807) is 18.4 Å². The molecule has 0 bridgehead atoms. The molecule has 4 rings (SSSR count). The number of piperidine rings is 1. The number of likely N-dealkylation sites (tertiary alicyclic amines) is 1. The van der Waals surface area contributed by atoms with Crippen LogP contribution in [0.15, 0.2) is 83.5 Å². The number of rotatable bonds is 9. The van der Waals surface area contributed by atoms with Crippen molar-refractivity contribution in [3.8, 4) is 0 Å². The zero-order valence-electron chi connectivity index (χ0n) is 18.2. The summed E-state index contributed by atoms with van der Waals surface area (Å²) < 4.78 is 5.43. The van der Waals surface area contributed by atoms with Gasteiger partial charge in [0.1, 0.15) is 0 Å². The van der Waals surface area contributed by atoms with E-state index >= 15 is 0 Å². The van der Waals surface area contributed by atoms with E-state index in [1.807, 2.05) is 11.0 Å². The molecule has 2 heterocycles. The van der Waals surface area contributed by atoms with Crippen molar-refractivity contribution < 1.29 is 9.21 Å². The van der Waals surface area contributed by atoms with Crippen LogP contribution in [0.1, 0.15) is 40.9 Å². The molecule has 3 aromatic rings. The lowest BCUT2D eigenvalue weighted by atomic mass is 10.0. The third-order valence-corrected chi connectivity index (χ3v) is 6.26. The maximum absolute atomic E-state index is 13.2. The third kappa shape index (κ3) is 6.08. The van der Waals surface area contributed by atoms with Crippen molar-refractivity contribution in [1.29, 1.82) is 0 Å². The zero-order chi connectivity index (χ0) is 21.3. The summed E-state index contributed by atoms with van der Waals surface area (Å²) in [6.07, 6.45) is 6.79. The Morgan fingerprint density at radius 1 is 0.871 bits per heavy atom. The monoisotopic (exact) mass is 416 g/mol. The molecule has 0 radical (unpaired) electrons. The van der Waals surface area contributed by atoms with E-state index < -0.39 is 0 Å². The molecule has 1 aliphatic rings. The lowest BCUT2D eigenvalue weighted by Crippen LogP contribution is -2.48. The summed E-state index contributed by atoms with van der Waals surface area (Å²) in [5, 5.41) is 0. The van der Waals surface area contributed by atoms with Crippen LogP contribution in [0.25, 0.3) is 0 Å². The fraction of sp³-hybridized carbons (Fsp3) is 0.370. The quantitative estimate of drug-likeness (QED) is 0.489. The fourth-order valence-electron chi connectivity index (χ4n) is 4.49. The molecule has 1 amide bonds. The molecule has 4 nitrogen and oxygen atoms in total. The van der Waals surface area contributed by atoms with Crippen molar-refractivity contribution in [2.24, 2.45) is 0 Å². The Bertz CT molecular complexity index is 901. The summed E-state index contributed by atoms with van der Waals surface area (Å²) in [6.45, 7) is 3.94. The highest BCUT2D eigenvalue weighted by Crippen LogP contribution is 2.21. The molecule has 31 heavy (non-hydrogen) atoms. The van der Waals surface area contributed by atoms with E-state index in [2.05, 4.69) is 59.5 Å². The lowest BCUT2D eigenvalue weighted by molar-refractivity contribution is 0.0544. The van der Waals surface area contributed by atoms with Gasteiger partial charge in [-0.15, -0.1) is 0 Å². The molecular weight excluding hydrogens is 384 g/mol. The predicted octanol–water partition coefficient (Wildman–Crippen LogP) is 5.06. The van der Waals surface area contributed by atoms with E-state index in [0.717, 1.165) is 51.9 Å². The summed E-state index contributed by atoms with van der Waals surface area (Å²) in [6, 6.07) is 24.9. The first kappa shape index (κ1) is 21.4. The highest BCUT2D eigenvalue weighted by Gasteiger charge is 2.29. The normalized spacial score (nSPS) is 15.1. The van der Waals surface area contributed by atoms with Crippen LogP contribution in [0, 0.1) is 0 Å². The van der Waals surface area contributed by atoms with Crippen molar-refractivity contribution in [2.75, 3.05) is 26.2 Å². The Morgan fingerprint density at radius 2 is 1.52 bits per heavy atom. The van der Waals surface area contributed by atoms with Crippen molar-refractivity contribution in [1.82, 2.24) is 9.80 Å². The van der Waals surface area contributed by atoms with Crippen LogP contribution < -0.4 is 0 Å². The molecule has 162 valence electrons. The molecule has 1 aliphatic heterocycles. The van der Waals surface area contributed by atoms with Crippen molar-refractivity contribution >= 4 is 5.91 Å². The summed E-state index contributed by atoms with van der Waals surface area (Å²) in [5.41, 5.74) is 2.67. The summed E-state index contributed by atoms with van der Waals surface area (Å²) in [5.74, 6) is 0.460. The standard InChI is InChI=1S/C27H32N2O2/c30-27(26-14-8-22-31-26)29(21-15-24-11-5-2-6-12-24)25-16-19-28(20-17-25)18-7-13-23-9-3-1-4-10-23/h1-6,8-12,14,22,25H,7,13,15-21H2. The molecule has 1 saturated heterocycles. The Labute approximate surface area is 185 Å². The topological polar surface area (TPSA) is 36.7 Å². The Hall–Kier alpha value is -2.85. The smallest absolute Gasteiger partial charge is 0.289 e. The molecule has 0 atom stereocenters. The minimum Gasteiger partial charge on any atom is -0.459 e. The highest BCUT2D eigenvalue weighted by atomic mass is 16.3. The van der Waals surface area contributed by atoms with Crippen LogP contribution in [0.3, 0.4) is 0 Å². The van der Waals surface area contributed by atoms with Gasteiger partial charge in [-0.2, -0.15) is 0 Å². The number of hydrogen-bond acceptors (Lipinski definition) is 3. The van der Waals surface area contributed by atoms with Crippen LogP contribution >= 0.6 is 0 Å². The zero-order valence-corrected chi connectivity index (χ0v) is 18.2.